The molecule has 1 aromatic carbocycles. The molecule has 0 radical (unpaired) electrons. The Bertz CT molecular complexity index is 926. The predicted molar refractivity (Wildman–Crippen MR) is 94.4 cm³/mol. The van der Waals surface area contributed by atoms with E-state index < -0.39 is 28.0 Å². The number of fused-ring (bicyclic) bond motifs is 1. The van der Waals surface area contributed by atoms with Crippen LogP contribution in [0, 0.1) is 0 Å². The summed E-state index contributed by atoms with van der Waals surface area (Å²) in [4.78, 5) is 27.0. The highest BCUT2D eigenvalue weighted by Gasteiger charge is 2.27. The molecule has 2 rings (SSSR count). The van der Waals surface area contributed by atoms with Crippen molar-refractivity contribution in [3.05, 3.63) is 36.2 Å². The zero-order chi connectivity index (χ0) is 19.3. The second kappa shape index (κ2) is 8.24. The second-order valence-electron chi connectivity index (χ2n) is 5.66. The lowest BCUT2D eigenvalue weighted by molar-refractivity contribution is -0.139. The number of unbranched alkanes of at least 4 members (excludes halogenated alkanes) is 1. The van der Waals surface area contributed by atoms with E-state index in [1.165, 1.54) is 31.5 Å². The fourth-order valence-corrected chi connectivity index (χ4v) is 4.01. The first-order chi connectivity index (χ1) is 12.3. The van der Waals surface area contributed by atoms with Crippen LogP contribution in [0.5, 0.6) is 0 Å². The lowest BCUT2D eigenvalue weighted by Crippen LogP contribution is -2.40. The van der Waals surface area contributed by atoms with Crippen molar-refractivity contribution in [3.63, 3.8) is 0 Å². The molecule has 140 valence electrons. The first-order valence-corrected chi connectivity index (χ1v) is 9.51. The van der Waals surface area contributed by atoms with Crippen molar-refractivity contribution in [3.8, 4) is 0 Å². The summed E-state index contributed by atoms with van der Waals surface area (Å²) in [6.07, 6.45) is 2.81. The second-order valence-corrected chi connectivity index (χ2v) is 7.34. The minimum absolute atomic E-state index is 0.0113. The van der Waals surface area contributed by atoms with E-state index in [1.54, 1.807) is 6.07 Å². The Labute approximate surface area is 151 Å². The van der Waals surface area contributed by atoms with Crippen molar-refractivity contribution >= 4 is 32.7 Å². The molecule has 1 aromatic heterocycles. The van der Waals surface area contributed by atoms with Crippen molar-refractivity contribution in [1.29, 1.82) is 0 Å². The molecule has 9 heteroatoms. The van der Waals surface area contributed by atoms with E-state index in [0.29, 0.717) is 11.8 Å². The van der Waals surface area contributed by atoms with Crippen LogP contribution in [0.2, 0.25) is 0 Å². The highest BCUT2D eigenvalue weighted by molar-refractivity contribution is 7.89. The van der Waals surface area contributed by atoms with Gasteiger partial charge in [-0.25, -0.2) is 18.2 Å². The number of carbonyl (C=O) groups excluding carboxylic acids is 1. The summed E-state index contributed by atoms with van der Waals surface area (Å²) in [5.41, 5.74) is -0.0113. The molecule has 2 aromatic rings. The number of nitrogens with one attached hydrogen (secondary N) is 1. The maximum atomic E-state index is 12.8. The van der Waals surface area contributed by atoms with E-state index in [0.717, 1.165) is 6.42 Å². The van der Waals surface area contributed by atoms with E-state index in [2.05, 4.69) is 14.4 Å². The molecule has 8 nitrogen and oxygen atoms in total. The number of hydrogen-bond acceptors (Lipinski definition) is 6. The average molecular weight is 380 g/mol. The van der Waals surface area contributed by atoms with Crippen LogP contribution in [0.3, 0.4) is 0 Å². The van der Waals surface area contributed by atoms with Gasteiger partial charge in [0.25, 0.3) is 0 Å². The Kier molecular flexibility index (Phi) is 6.27. The largest absolute Gasteiger partial charge is 0.480 e. The highest BCUT2D eigenvalue weighted by Crippen LogP contribution is 2.25. The van der Waals surface area contributed by atoms with Gasteiger partial charge in [0.05, 0.1) is 12.0 Å². The van der Waals surface area contributed by atoms with Crippen LogP contribution in [0.1, 0.15) is 36.7 Å². The van der Waals surface area contributed by atoms with Crippen LogP contribution >= 0.6 is 0 Å². The molecule has 26 heavy (non-hydrogen) atoms. The van der Waals surface area contributed by atoms with Crippen molar-refractivity contribution in [2.75, 3.05) is 7.11 Å². The fourth-order valence-electron chi connectivity index (χ4n) is 2.56. The van der Waals surface area contributed by atoms with Crippen LogP contribution in [-0.4, -0.2) is 43.6 Å². The van der Waals surface area contributed by atoms with E-state index in [1.807, 2.05) is 6.92 Å². The van der Waals surface area contributed by atoms with Gasteiger partial charge in [-0.15, -0.1) is 0 Å². The number of ether oxygens (including phenoxy) is 1. The van der Waals surface area contributed by atoms with Crippen LogP contribution in [0.15, 0.2) is 35.4 Å². The molecule has 0 unspecified atom stereocenters. The van der Waals surface area contributed by atoms with Crippen LogP contribution in [-0.2, 0) is 19.6 Å². The fraction of sp³-hybridized carbons (Fsp3) is 0.353. The van der Waals surface area contributed by atoms with Gasteiger partial charge in [-0.3, -0.25) is 4.79 Å². The van der Waals surface area contributed by atoms with Crippen molar-refractivity contribution in [1.82, 2.24) is 9.71 Å². The molecule has 0 fully saturated rings. The Hall–Kier alpha value is -2.52. The van der Waals surface area contributed by atoms with Crippen LogP contribution < -0.4 is 4.72 Å². The molecule has 0 amide bonds. The number of carbonyl (C=O) groups is 2. The number of hydrogen-bond donors (Lipinski definition) is 2. The number of esters is 1. The molecule has 0 aliphatic rings. The lowest BCUT2D eigenvalue weighted by atomic mass is 10.1. The third-order valence-corrected chi connectivity index (χ3v) is 5.41. The number of rotatable bonds is 8. The first kappa shape index (κ1) is 19.8. The van der Waals surface area contributed by atoms with Gasteiger partial charge in [0, 0.05) is 17.0 Å². The molecule has 1 atom stereocenters. The molecule has 0 bridgehead atoms. The molecule has 0 spiro atoms. The minimum atomic E-state index is -4.12. The molecular formula is C17H20N2O6S. The predicted octanol–water partition coefficient (Wildman–Crippen LogP) is 1.94. The van der Waals surface area contributed by atoms with E-state index in [4.69, 9.17) is 0 Å². The van der Waals surface area contributed by atoms with Gasteiger partial charge < -0.3 is 9.84 Å². The summed E-state index contributed by atoms with van der Waals surface area (Å²) in [6, 6.07) is 4.60. The number of pyridine rings is 1. The van der Waals surface area contributed by atoms with Gasteiger partial charge in [-0.2, -0.15) is 4.72 Å². The topological polar surface area (TPSA) is 123 Å². The maximum absolute atomic E-state index is 12.8. The van der Waals surface area contributed by atoms with Crippen molar-refractivity contribution in [2.45, 2.75) is 37.1 Å². The molecule has 0 saturated carbocycles. The number of carboxylic acid groups (broad SMARTS) is 1. The molecule has 1 heterocycles. The van der Waals surface area contributed by atoms with Crippen LogP contribution in [0.4, 0.5) is 0 Å². The lowest BCUT2D eigenvalue weighted by Gasteiger charge is -2.16. The van der Waals surface area contributed by atoms with Gasteiger partial charge in [0.1, 0.15) is 6.04 Å². The number of nitrogens with zero attached hydrogens (tertiary/aromatic N) is 1. The van der Waals surface area contributed by atoms with Gasteiger partial charge in [0.2, 0.25) is 10.0 Å². The minimum Gasteiger partial charge on any atom is -0.480 e. The SMILES string of the molecule is CCCC[C@H](NS(=O)(=O)c1cccc2c(C(=O)OC)nccc12)C(=O)O. The third-order valence-electron chi connectivity index (χ3n) is 3.88. The number of aromatic nitrogens is 1. The number of benzene rings is 1. The molecule has 2 N–H and O–H groups in total. The maximum Gasteiger partial charge on any atom is 0.357 e. The third kappa shape index (κ3) is 4.17. The van der Waals surface area contributed by atoms with E-state index in [-0.39, 0.29) is 22.4 Å². The van der Waals surface area contributed by atoms with E-state index in [9.17, 15) is 23.1 Å². The van der Waals surface area contributed by atoms with Gasteiger partial charge in [-0.1, -0.05) is 31.9 Å². The Morgan fingerprint density at radius 3 is 2.62 bits per heavy atom. The van der Waals surface area contributed by atoms with Gasteiger partial charge in [0.15, 0.2) is 5.69 Å². The quantitative estimate of drug-likeness (QED) is 0.671. The van der Waals surface area contributed by atoms with Crippen molar-refractivity contribution < 1.29 is 27.9 Å². The summed E-state index contributed by atoms with van der Waals surface area (Å²) in [5, 5.41) is 9.84. The number of carboxylic acids is 1. The summed E-state index contributed by atoms with van der Waals surface area (Å²) in [7, 11) is -2.92. The van der Waals surface area contributed by atoms with Gasteiger partial charge in [-0.05, 0) is 18.6 Å². The van der Waals surface area contributed by atoms with Crippen LogP contribution in [0.25, 0.3) is 10.8 Å². The molecular weight excluding hydrogens is 360 g/mol. The average Bonchev–Trinajstić information content (AvgIpc) is 2.63. The standard InChI is InChI=1S/C17H20N2O6S/c1-3-4-7-13(16(20)21)19-26(23,24)14-8-5-6-12-11(14)9-10-18-15(12)17(22)25-2/h5-6,8-10,13,19H,3-4,7H2,1-2H3,(H,20,21)/t13-/m0/s1. The molecule has 0 saturated heterocycles. The Morgan fingerprint density at radius 1 is 1.27 bits per heavy atom. The number of sulfonamides is 1. The molecule has 0 aliphatic heterocycles. The zero-order valence-corrected chi connectivity index (χ0v) is 15.2. The normalized spacial score (nSPS) is 12.7. The van der Waals surface area contributed by atoms with E-state index >= 15 is 0 Å². The summed E-state index contributed by atoms with van der Waals surface area (Å²) >= 11 is 0. The zero-order valence-electron chi connectivity index (χ0n) is 14.4. The highest BCUT2D eigenvalue weighted by atomic mass is 32.2. The smallest absolute Gasteiger partial charge is 0.357 e. The van der Waals surface area contributed by atoms with Gasteiger partial charge >= 0.3 is 11.9 Å². The Morgan fingerprint density at radius 2 is 2.00 bits per heavy atom. The summed E-state index contributed by atoms with van der Waals surface area (Å²) in [5.74, 6) is -1.93. The molecule has 0 aliphatic carbocycles. The number of aliphatic carboxylic acids is 1. The first-order valence-electron chi connectivity index (χ1n) is 8.03. The summed E-state index contributed by atoms with van der Waals surface area (Å²) in [6.45, 7) is 1.89. The van der Waals surface area contributed by atoms with Crippen molar-refractivity contribution in [2.24, 2.45) is 0 Å². The number of methoxy groups -OCH3 is 1. The summed E-state index contributed by atoms with van der Waals surface area (Å²) < 4.78 is 32.4. The monoisotopic (exact) mass is 380 g/mol. The Balaban J connectivity index is 2.51.